The van der Waals surface area contributed by atoms with Crippen molar-refractivity contribution in [2.24, 2.45) is 0 Å². The van der Waals surface area contributed by atoms with Crippen molar-refractivity contribution in [3.8, 4) is 11.5 Å². The first-order valence-corrected chi connectivity index (χ1v) is 7.29. The first-order chi connectivity index (χ1) is 10.1. The quantitative estimate of drug-likeness (QED) is 0.748. The first-order valence-electron chi connectivity index (χ1n) is 6.91. The number of ether oxygens (including phenoxy) is 3. The number of esters is 1. The van der Waals surface area contributed by atoms with Crippen LogP contribution in [0.15, 0.2) is 12.1 Å². The summed E-state index contributed by atoms with van der Waals surface area (Å²) >= 11 is 6.06. The molecule has 21 heavy (non-hydrogen) atoms. The van der Waals surface area contributed by atoms with Gasteiger partial charge in [0.25, 0.3) is 0 Å². The molecule has 1 aromatic carbocycles. The van der Waals surface area contributed by atoms with Crippen LogP contribution in [0.25, 0.3) is 0 Å². The fraction of sp³-hybridized carbons (Fsp3) is 0.533. The van der Waals surface area contributed by atoms with E-state index in [0.717, 1.165) is 5.56 Å². The zero-order valence-electron chi connectivity index (χ0n) is 12.9. The van der Waals surface area contributed by atoms with Crippen molar-refractivity contribution < 1.29 is 19.0 Å². The molecular formula is C15H22ClNO4. The molecule has 0 fully saturated rings. The number of nitrogens with one attached hydrogen (secondary N) is 1. The van der Waals surface area contributed by atoms with Crippen LogP contribution in [0.3, 0.4) is 0 Å². The fourth-order valence-corrected chi connectivity index (χ4v) is 2.14. The number of methoxy groups -OCH3 is 1. The lowest BCUT2D eigenvalue weighted by molar-refractivity contribution is -0.151. The second kappa shape index (κ2) is 8.74. The molecule has 0 bridgehead atoms. The largest absolute Gasteiger partial charge is 0.493 e. The van der Waals surface area contributed by atoms with E-state index in [-0.39, 0.29) is 5.97 Å². The van der Waals surface area contributed by atoms with E-state index in [1.165, 1.54) is 7.11 Å². The van der Waals surface area contributed by atoms with E-state index < -0.39 is 6.10 Å². The summed E-state index contributed by atoms with van der Waals surface area (Å²) in [6, 6.07) is 3.45. The Morgan fingerprint density at radius 3 is 2.62 bits per heavy atom. The highest BCUT2D eigenvalue weighted by Crippen LogP contribution is 2.35. The highest BCUT2D eigenvalue weighted by molar-refractivity contribution is 6.30. The predicted molar refractivity (Wildman–Crippen MR) is 82.1 cm³/mol. The highest BCUT2D eigenvalue weighted by atomic mass is 35.5. The SMILES string of the molecule is CCOC(=O)C(CC)Oc1c(CNC)cc(Cl)cc1OC. The van der Waals surface area contributed by atoms with Crippen molar-refractivity contribution >= 4 is 17.6 Å². The van der Waals surface area contributed by atoms with Gasteiger partial charge in [-0.2, -0.15) is 0 Å². The topological polar surface area (TPSA) is 56.8 Å². The molecule has 6 heteroatoms. The minimum Gasteiger partial charge on any atom is -0.493 e. The molecule has 0 aliphatic carbocycles. The molecule has 1 atom stereocenters. The number of carbonyl (C=O) groups excluding carboxylic acids is 1. The normalized spacial score (nSPS) is 11.9. The monoisotopic (exact) mass is 315 g/mol. The lowest BCUT2D eigenvalue weighted by atomic mass is 10.1. The lowest BCUT2D eigenvalue weighted by Crippen LogP contribution is -2.29. The highest BCUT2D eigenvalue weighted by Gasteiger charge is 2.23. The fourth-order valence-electron chi connectivity index (χ4n) is 1.91. The van der Waals surface area contributed by atoms with E-state index in [1.807, 2.05) is 14.0 Å². The van der Waals surface area contributed by atoms with Crippen LogP contribution < -0.4 is 14.8 Å². The van der Waals surface area contributed by atoms with Crippen molar-refractivity contribution in [3.05, 3.63) is 22.7 Å². The smallest absolute Gasteiger partial charge is 0.347 e. The molecule has 1 unspecified atom stereocenters. The maximum absolute atomic E-state index is 11.9. The molecule has 0 amide bonds. The molecule has 1 aromatic rings. The molecule has 1 N–H and O–H groups in total. The van der Waals surface area contributed by atoms with Gasteiger partial charge in [-0.25, -0.2) is 4.79 Å². The van der Waals surface area contributed by atoms with E-state index >= 15 is 0 Å². The molecule has 0 spiro atoms. The van der Waals surface area contributed by atoms with Crippen molar-refractivity contribution in [1.82, 2.24) is 5.32 Å². The summed E-state index contributed by atoms with van der Waals surface area (Å²) in [6.07, 6.45) is -0.167. The Labute approximate surface area is 130 Å². The Balaban J connectivity index is 3.11. The summed E-state index contributed by atoms with van der Waals surface area (Å²) in [4.78, 5) is 11.9. The third-order valence-electron chi connectivity index (χ3n) is 2.86. The summed E-state index contributed by atoms with van der Waals surface area (Å²) in [5.41, 5.74) is 0.824. The number of benzene rings is 1. The third-order valence-corrected chi connectivity index (χ3v) is 3.08. The van der Waals surface area contributed by atoms with Crippen LogP contribution in [0.5, 0.6) is 11.5 Å². The van der Waals surface area contributed by atoms with Gasteiger partial charge >= 0.3 is 5.97 Å². The molecule has 0 aliphatic heterocycles. The van der Waals surface area contributed by atoms with Crippen LogP contribution in [-0.4, -0.2) is 32.8 Å². The van der Waals surface area contributed by atoms with Gasteiger partial charge in [0.05, 0.1) is 13.7 Å². The maximum atomic E-state index is 11.9. The number of halogens is 1. The molecule has 0 saturated heterocycles. The Kier molecular flexibility index (Phi) is 7.32. The predicted octanol–water partition coefficient (Wildman–Crippen LogP) is 2.79. The van der Waals surface area contributed by atoms with Crippen LogP contribution in [0.4, 0.5) is 0 Å². The Morgan fingerprint density at radius 1 is 1.38 bits per heavy atom. The summed E-state index contributed by atoms with van der Waals surface area (Å²) in [6.45, 7) is 4.49. The number of hydrogen-bond donors (Lipinski definition) is 1. The van der Waals surface area contributed by atoms with Crippen molar-refractivity contribution in [2.45, 2.75) is 32.9 Å². The van der Waals surface area contributed by atoms with Crippen molar-refractivity contribution in [3.63, 3.8) is 0 Å². The van der Waals surface area contributed by atoms with Crippen LogP contribution in [0.1, 0.15) is 25.8 Å². The van der Waals surface area contributed by atoms with Crippen LogP contribution in [0.2, 0.25) is 5.02 Å². The Bertz CT molecular complexity index is 479. The standard InChI is InChI=1S/C15H22ClNO4/c1-5-12(15(18)20-6-2)21-14-10(9-17-3)7-11(16)8-13(14)19-4/h7-8,12,17H,5-6,9H2,1-4H3. The van der Waals surface area contributed by atoms with Crippen molar-refractivity contribution in [2.75, 3.05) is 20.8 Å². The molecule has 0 aliphatic rings. The van der Waals surface area contributed by atoms with E-state index in [0.29, 0.717) is 36.1 Å². The number of hydrogen-bond acceptors (Lipinski definition) is 5. The van der Waals surface area contributed by atoms with Crippen LogP contribution >= 0.6 is 11.6 Å². The molecule has 0 radical (unpaired) electrons. The average molecular weight is 316 g/mol. The van der Waals surface area contributed by atoms with E-state index in [9.17, 15) is 4.79 Å². The first kappa shape index (κ1) is 17.6. The average Bonchev–Trinajstić information content (AvgIpc) is 2.46. The Hall–Kier alpha value is -1.46. The summed E-state index contributed by atoms with van der Waals surface area (Å²) in [7, 11) is 3.35. The summed E-state index contributed by atoms with van der Waals surface area (Å²) in [5, 5.41) is 3.59. The van der Waals surface area contributed by atoms with Gasteiger partial charge in [0.15, 0.2) is 17.6 Å². The van der Waals surface area contributed by atoms with Crippen LogP contribution in [0, 0.1) is 0 Å². The molecule has 118 valence electrons. The van der Waals surface area contributed by atoms with E-state index in [4.69, 9.17) is 25.8 Å². The molecule has 0 aromatic heterocycles. The summed E-state index contributed by atoms with van der Waals surface area (Å²) in [5.74, 6) is 0.624. The van der Waals surface area contributed by atoms with Gasteiger partial charge in [0.2, 0.25) is 0 Å². The van der Waals surface area contributed by atoms with Gasteiger partial charge in [-0.15, -0.1) is 0 Å². The second-order valence-corrected chi connectivity index (χ2v) is 4.83. The lowest BCUT2D eigenvalue weighted by Gasteiger charge is -2.20. The zero-order valence-corrected chi connectivity index (χ0v) is 13.6. The van der Waals surface area contributed by atoms with Gasteiger partial charge in [-0.3, -0.25) is 0 Å². The Morgan fingerprint density at radius 2 is 2.10 bits per heavy atom. The minimum absolute atomic E-state index is 0.319. The molecular weight excluding hydrogens is 294 g/mol. The van der Waals surface area contributed by atoms with E-state index in [2.05, 4.69) is 5.32 Å². The molecule has 5 nitrogen and oxygen atoms in total. The minimum atomic E-state index is -0.671. The molecule has 0 heterocycles. The van der Waals surface area contributed by atoms with Crippen LogP contribution in [-0.2, 0) is 16.1 Å². The number of carbonyl (C=O) groups is 1. The summed E-state index contributed by atoms with van der Waals surface area (Å²) < 4.78 is 16.2. The van der Waals surface area contributed by atoms with Gasteiger partial charge in [-0.05, 0) is 26.5 Å². The molecule has 1 rings (SSSR count). The second-order valence-electron chi connectivity index (χ2n) is 4.39. The zero-order chi connectivity index (χ0) is 15.8. The van der Waals surface area contributed by atoms with E-state index in [1.54, 1.807) is 19.1 Å². The molecule has 0 saturated carbocycles. The maximum Gasteiger partial charge on any atom is 0.347 e. The number of rotatable bonds is 8. The van der Waals surface area contributed by atoms with Gasteiger partial charge in [-0.1, -0.05) is 18.5 Å². The van der Waals surface area contributed by atoms with Gasteiger partial charge in [0.1, 0.15) is 0 Å². The van der Waals surface area contributed by atoms with Crippen molar-refractivity contribution in [1.29, 1.82) is 0 Å². The van der Waals surface area contributed by atoms with Gasteiger partial charge in [0, 0.05) is 23.2 Å². The third kappa shape index (κ3) is 4.79. The van der Waals surface area contributed by atoms with Gasteiger partial charge < -0.3 is 19.5 Å².